The number of rotatable bonds is 6. The van der Waals surface area contributed by atoms with Gasteiger partial charge in [0.1, 0.15) is 6.04 Å². The van der Waals surface area contributed by atoms with Crippen molar-refractivity contribution in [3.63, 3.8) is 0 Å². The largest absolute Gasteiger partial charge is 0.324 e. The quantitative estimate of drug-likeness (QED) is 0.648. The molecule has 0 bridgehead atoms. The summed E-state index contributed by atoms with van der Waals surface area (Å²) in [6.07, 6.45) is 1.51. The lowest BCUT2D eigenvalue weighted by Gasteiger charge is -2.29. The van der Waals surface area contributed by atoms with Crippen molar-refractivity contribution in [3.05, 3.63) is 34.9 Å². The molecular weight excluding hydrogens is 332 g/mol. The predicted molar refractivity (Wildman–Crippen MR) is 97.1 cm³/mol. The van der Waals surface area contributed by atoms with Crippen LogP contribution in [0.2, 0.25) is 0 Å². The fourth-order valence-corrected chi connectivity index (χ4v) is 3.42. The molecule has 0 aromatic heterocycles. The molecule has 1 fully saturated rings. The zero-order valence-electron chi connectivity index (χ0n) is 15.3. The molecule has 1 aromatic carbocycles. The fraction of sp³-hybridized carbons (Fsp3) is 0.526. The average molecular weight is 358 g/mol. The first kappa shape index (κ1) is 18.5. The van der Waals surface area contributed by atoms with Crippen molar-refractivity contribution < 1.29 is 14.4 Å². The molecule has 2 atom stereocenters. The molecule has 2 unspecified atom stereocenters. The second kappa shape index (κ2) is 7.17. The third kappa shape index (κ3) is 3.64. The number of nitrogens with zero attached hydrogens (tertiary/aromatic N) is 1. The summed E-state index contributed by atoms with van der Waals surface area (Å²) >= 11 is 0. The van der Waals surface area contributed by atoms with E-state index in [1.54, 1.807) is 11.0 Å². The fourth-order valence-electron chi connectivity index (χ4n) is 3.42. The van der Waals surface area contributed by atoms with Crippen LogP contribution in [0.25, 0.3) is 0 Å². The van der Waals surface area contributed by atoms with Gasteiger partial charge < -0.3 is 16.0 Å². The van der Waals surface area contributed by atoms with Crippen LogP contribution < -0.4 is 16.4 Å². The molecule has 3 rings (SSSR count). The van der Waals surface area contributed by atoms with Gasteiger partial charge in [-0.1, -0.05) is 19.1 Å². The van der Waals surface area contributed by atoms with Gasteiger partial charge in [0.25, 0.3) is 5.91 Å². The molecule has 7 nitrogen and oxygen atoms in total. The van der Waals surface area contributed by atoms with Crippen LogP contribution in [0, 0.1) is 0 Å². The van der Waals surface area contributed by atoms with Gasteiger partial charge in [-0.15, -0.1) is 0 Å². The van der Waals surface area contributed by atoms with Crippen molar-refractivity contribution in [1.82, 2.24) is 15.5 Å². The van der Waals surface area contributed by atoms with Gasteiger partial charge in [-0.25, -0.2) is 0 Å². The van der Waals surface area contributed by atoms with E-state index >= 15 is 0 Å². The van der Waals surface area contributed by atoms with E-state index in [1.165, 1.54) is 0 Å². The highest BCUT2D eigenvalue weighted by Crippen LogP contribution is 2.29. The number of nitrogens with two attached hydrogens (primary N) is 1. The van der Waals surface area contributed by atoms with E-state index in [0.717, 1.165) is 17.5 Å². The first-order chi connectivity index (χ1) is 12.3. The number of nitrogens with one attached hydrogen (secondary N) is 2. The number of carbonyl (C=O) groups excluding carboxylic acids is 3. The molecule has 1 aromatic rings. The number of amides is 3. The average Bonchev–Trinajstić information content (AvgIpc) is 2.93. The normalized spacial score (nSPS) is 22.2. The van der Waals surface area contributed by atoms with Crippen LogP contribution in [0.3, 0.4) is 0 Å². The van der Waals surface area contributed by atoms with Gasteiger partial charge in [0.05, 0.1) is 0 Å². The Balaban J connectivity index is 1.73. The van der Waals surface area contributed by atoms with Crippen molar-refractivity contribution in [1.29, 1.82) is 0 Å². The summed E-state index contributed by atoms with van der Waals surface area (Å²) in [6, 6.07) is 5.07. The molecule has 2 aliphatic heterocycles. The highest BCUT2D eigenvalue weighted by molar-refractivity contribution is 6.05. The lowest BCUT2D eigenvalue weighted by molar-refractivity contribution is -0.136. The van der Waals surface area contributed by atoms with Crippen molar-refractivity contribution in [2.45, 2.75) is 57.8 Å². The summed E-state index contributed by atoms with van der Waals surface area (Å²) in [5.41, 5.74) is 8.52. The Kier molecular flexibility index (Phi) is 5.11. The van der Waals surface area contributed by atoms with E-state index in [-0.39, 0.29) is 29.7 Å². The van der Waals surface area contributed by atoms with E-state index in [4.69, 9.17) is 5.73 Å². The lowest BCUT2D eigenvalue weighted by Crippen LogP contribution is -2.52. The molecule has 0 aliphatic carbocycles. The number of imide groups is 1. The van der Waals surface area contributed by atoms with Gasteiger partial charge in [-0.05, 0) is 37.0 Å². The second-order valence-electron chi connectivity index (χ2n) is 7.45. The number of hydrogen-bond acceptors (Lipinski definition) is 5. The molecule has 1 saturated heterocycles. The zero-order valence-corrected chi connectivity index (χ0v) is 15.3. The SMILES string of the molecule is CCC(C)(N)CNCc1cccc2c1CN(C1CCC(=O)NC1=O)C2=O. The third-order valence-corrected chi connectivity index (χ3v) is 5.33. The van der Waals surface area contributed by atoms with Gasteiger partial charge in [-0.2, -0.15) is 0 Å². The lowest BCUT2D eigenvalue weighted by atomic mass is 9.99. The van der Waals surface area contributed by atoms with Crippen molar-refractivity contribution >= 4 is 17.7 Å². The Labute approximate surface area is 153 Å². The minimum Gasteiger partial charge on any atom is -0.324 e. The van der Waals surface area contributed by atoms with E-state index in [9.17, 15) is 14.4 Å². The molecule has 0 radical (unpaired) electrons. The van der Waals surface area contributed by atoms with Crippen LogP contribution in [0.4, 0.5) is 0 Å². The summed E-state index contributed by atoms with van der Waals surface area (Å²) in [6.45, 7) is 5.75. The number of hydrogen-bond donors (Lipinski definition) is 3. The number of piperidine rings is 1. The van der Waals surface area contributed by atoms with Crippen molar-refractivity contribution in [2.24, 2.45) is 5.73 Å². The minimum absolute atomic E-state index is 0.145. The van der Waals surface area contributed by atoms with Crippen LogP contribution in [0.5, 0.6) is 0 Å². The molecule has 7 heteroatoms. The Hall–Kier alpha value is -2.25. The topological polar surface area (TPSA) is 105 Å². The predicted octanol–water partition coefficient (Wildman–Crippen LogP) is 0.665. The van der Waals surface area contributed by atoms with Crippen LogP contribution in [0.1, 0.15) is 54.6 Å². The molecule has 0 spiro atoms. The van der Waals surface area contributed by atoms with E-state index in [2.05, 4.69) is 17.6 Å². The first-order valence-electron chi connectivity index (χ1n) is 9.07. The molecule has 0 saturated carbocycles. The Bertz CT molecular complexity index is 744. The van der Waals surface area contributed by atoms with E-state index in [0.29, 0.717) is 31.6 Å². The Morgan fingerprint density at radius 2 is 2.12 bits per heavy atom. The molecular formula is C19H26N4O3. The van der Waals surface area contributed by atoms with Crippen LogP contribution in [-0.4, -0.2) is 40.7 Å². The monoisotopic (exact) mass is 358 g/mol. The molecule has 2 aliphatic rings. The van der Waals surface area contributed by atoms with Crippen LogP contribution >= 0.6 is 0 Å². The molecule has 3 amide bonds. The third-order valence-electron chi connectivity index (χ3n) is 5.33. The highest BCUT2D eigenvalue weighted by atomic mass is 16.2. The molecule has 140 valence electrons. The number of carbonyl (C=O) groups is 3. The highest BCUT2D eigenvalue weighted by Gasteiger charge is 2.39. The summed E-state index contributed by atoms with van der Waals surface area (Å²) in [4.78, 5) is 37.8. The maximum atomic E-state index is 12.8. The van der Waals surface area contributed by atoms with Gasteiger partial charge in [-0.3, -0.25) is 19.7 Å². The maximum absolute atomic E-state index is 12.8. The number of benzene rings is 1. The molecule has 2 heterocycles. The van der Waals surface area contributed by atoms with Gasteiger partial charge in [0.15, 0.2) is 0 Å². The summed E-state index contributed by atoms with van der Waals surface area (Å²) < 4.78 is 0. The smallest absolute Gasteiger partial charge is 0.255 e. The molecule has 26 heavy (non-hydrogen) atoms. The van der Waals surface area contributed by atoms with Gasteiger partial charge >= 0.3 is 0 Å². The van der Waals surface area contributed by atoms with Crippen molar-refractivity contribution in [2.75, 3.05) is 6.54 Å². The Morgan fingerprint density at radius 1 is 1.35 bits per heavy atom. The maximum Gasteiger partial charge on any atom is 0.255 e. The van der Waals surface area contributed by atoms with Gasteiger partial charge in [0.2, 0.25) is 11.8 Å². The van der Waals surface area contributed by atoms with E-state index < -0.39 is 6.04 Å². The first-order valence-corrected chi connectivity index (χ1v) is 9.07. The zero-order chi connectivity index (χ0) is 18.9. The van der Waals surface area contributed by atoms with E-state index in [1.807, 2.05) is 19.1 Å². The number of fused-ring (bicyclic) bond motifs is 1. The summed E-state index contributed by atoms with van der Waals surface area (Å²) in [7, 11) is 0. The summed E-state index contributed by atoms with van der Waals surface area (Å²) in [5.74, 6) is -0.807. The van der Waals surface area contributed by atoms with Crippen molar-refractivity contribution in [3.8, 4) is 0 Å². The Morgan fingerprint density at radius 3 is 2.81 bits per heavy atom. The van der Waals surface area contributed by atoms with Gasteiger partial charge in [0, 0.05) is 37.2 Å². The molecule has 4 N–H and O–H groups in total. The summed E-state index contributed by atoms with van der Waals surface area (Å²) in [5, 5.41) is 5.70. The van der Waals surface area contributed by atoms with Crippen LogP contribution in [0.15, 0.2) is 18.2 Å². The minimum atomic E-state index is -0.583. The standard InChI is InChI=1S/C19H26N4O3/c1-3-19(2,20)11-21-9-12-5-4-6-13-14(12)10-23(18(13)26)15-7-8-16(24)22-17(15)25/h4-6,15,21H,3,7-11,20H2,1-2H3,(H,22,24,25). The second-order valence-corrected chi connectivity index (χ2v) is 7.45. The van der Waals surface area contributed by atoms with Crippen LogP contribution in [-0.2, 0) is 22.7 Å².